The maximum absolute atomic E-state index is 9.24. The Kier molecular flexibility index (Phi) is 1.68. The lowest BCUT2D eigenvalue weighted by atomic mass is 11.3. The molecule has 5 heavy (non-hydrogen) atoms. The van der Waals surface area contributed by atoms with Crippen molar-refractivity contribution in [3.8, 4) is 0 Å². The molecule has 0 fully saturated rings. The van der Waals surface area contributed by atoms with Crippen molar-refractivity contribution in [2.24, 2.45) is 5.73 Å². The van der Waals surface area contributed by atoms with Crippen molar-refractivity contribution in [2.75, 3.05) is 0 Å². The van der Waals surface area contributed by atoms with Crippen LogP contribution in [0.2, 0.25) is 0 Å². The molecular formula is CH2ClNO2. The summed E-state index contributed by atoms with van der Waals surface area (Å²) < 4.78 is 3.36. The van der Waals surface area contributed by atoms with Crippen LogP contribution in [-0.2, 0) is 4.29 Å². The lowest BCUT2D eigenvalue weighted by Gasteiger charge is -1.74. The van der Waals surface area contributed by atoms with Crippen molar-refractivity contribution in [3.05, 3.63) is 0 Å². The van der Waals surface area contributed by atoms with Gasteiger partial charge in [-0.1, -0.05) is 0 Å². The standard InChI is InChI=1S/CH2ClNO2/c2-5-1(3)4/h(H2,3,4). The van der Waals surface area contributed by atoms with Crippen LogP contribution in [-0.4, -0.2) is 6.09 Å². The zero-order valence-electron chi connectivity index (χ0n) is 2.27. The Morgan fingerprint density at radius 1 is 2.00 bits per heavy atom. The van der Waals surface area contributed by atoms with Gasteiger partial charge in [-0.2, -0.15) is 0 Å². The summed E-state index contributed by atoms with van der Waals surface area (Å²) in [4.78, 5) is 9.24. The van der Waals surface area contributed by atoms with Crippen LogP contribution < -0.4 is 5.73 Å². The van der Waals surface area contributed by atoms with E-state index in [1.165, 1.54) is 0 Å². The Morgan fingerprint density at radius 2 is 2.20 bits per heavy atom. The molecule has 4 heteroatoms. The predicted molar refractivity (Wildman–Crippen MR) is 16.5 cm³/mol. The largest absolute Gasteiger partial charge is 0.422 e. The zero-order chi connectivity index (χ0) is 4.28. The van der Waals surface area contributed by atoms with E-state index in [0.717, 1.165) is 0 Å². The molecule has 0 saturated carbocycles. The van der Waals surface area contributed by atoms with Crippen LogP contribution in [0.3, 0.4) is 0 Å². The molecule has 30 valence electrons. The third-order valence-electron chi connectivity index (χ3n) is 0.0760. The van der Waals surface area contributed by atoms with Crippen molar-refractivity contribution in [3.63, 3.8) is 0 Å². The number of primary amides is 1. The second-order valence-corrected chi connectivity index (χ2v) is 0.550. The number of carbonyl (C=O) groups excluding carboxylic acids is 1. The maximum Gasteiger partial charge on any atom is 0.422 e. The summed E-state index contributed by atoms with van der Waals surface area (Å²) in [6.07, 6.45) is -0.980. The lowest BCUT2D eigenvalue weighted by molar-refractivity contribution is 0.215. The van der Waals surface area contributed by atoms with Crippen LogP contribution in [0.5, 0.6) is 0 Å². The minimum Gasteiger partial charge on any atom is -0.334 e. The van der Waals surface area contributed by atoms with Gasteiger partial charge in [0.2, 0.25) is 0 Å². The van der Waals surface area contributed by atoms with Gasteiger partial charge < -0.3 is 10.0 Å². The van der Waals surface area contributed by atoms with E-state index >= 15 is 0 Å². The highest BCUT2D eigenvalue weighted by molar-refractivity contribution is 6.12. The third kappa shape index (κ3) is 3.56. The zero-order valence-corrected chi connectivity index (χ0v) is 3.03. The number of nitrogens with two attached hydrogens (primary N) is 1. The summed E-state index contributed by atoms with van der Waals surface area (Å²) in [5, 5.41) is 0. The van der Waals surface area contributed by atoms with Crippen LogP contribution >= 0.6 is 11.9 Å². The molecule has 0 aliphatic heterocycles. The first-order valence-corrected chi connectivity index (χ1v) is 1.16. The molecule has 0 bridgehead atoms. The quantitative estimate of drug-likeness (QED) is 0.468. The molecule has 0 heterocycles. The first-order chi connectivity index (χ1) is 2.27. The highest BCUT2D eigenvalue weighted by Crippen LogP contribution is 1.72. The molecule has 0 saturated heterocycles. The van der Waals surface area contributed by atoms with Crippen molar-refractivity contribution in [1.82, 2.24) is 0 Å². The van der Waals surface area contributed by atoms with Crippen LogP contribution in [0.4, 0.5) is 4.79 Å². The summed E-state index contributed by atoms with van der Waals surface area (Å²) in [6, 6.07) is 0. The summed E-state index contributed by atoms with van der Waals surface area (Å²) in [6.45, 7) is 0. The van der Waals surface area contributed by atoms with E-state index in [9.17, 15) is 4.79 Å². The SMILES string of the molecule is NC(=O)OCl. The summed E-state index contributed by atoms with van der Waals surface area (Å²) in [7, 11) is 0. The van der Waals surface area contributed by atoms with Crippen molar-refractivity contribution >= 4 is 18.0 Å². The Balaban J connectivity index is 2.85. The fourth-order valence-electron chi connectivity index (χ4n) is 0. The van der Waals surface area contributed by atoms with Gasteiger partial charge in [-0.15, -0.1) is 0 Å². The fraction of sp³-hybridized carbons (Fsp3) is 0. The van der Waals surface area contributed by atoms with Gasteiger partial charge in [-0.25, -0.2) is 4.79 Å². The molecular weight excluding hydrogens is 93.5 g/mol. The van der Waals surface area contributed by atoms with E-state index in [4.69, 9.17) is 0 Å². The minimum absolute atomic E-state index is 0.980. The van der Waals surface area contributed by atoms with Gasteiger partial charge in [-0.3, -0.25) is 0 Å². The Labute approximate surface area is 33.8 Å². The molecule has 0 aromatic heterocycles. The second kappa shape index (κ2) is 1.84. The monoisotopic (exact) mass is 95.0 g/mol. The van der Waals surface area contributed by atoms with E-state index in [1.807, 2.05) is 0 Å². The number of hydrogen-bond donors (Lipinski definition) is 1. The number of amides is 1. The minimum atomic E-state index is -0.980. The highest BCUT2D eigenvalue weighted by atomic mass is 35.5. The van der Waals surface area contributed by atoms with Crippen LogP contribution in [0.15, 0.2) is 0 Å². The fourth-order valence-corrected chi connectivity index (χ4v) is 0. The first-order valence-electron chi connectivity index (χ1n) is 0.851. The van der Waals surface area contributed by atoms with E-state index < -0.39 is 6.09 Å². The first kappa shape index (κ1) is 4.56. The van der Waals surface area contributed by atoms with Gasteiger partial charge in [0.05, 0.1) is 0 Å². The highest BCUT2D eigenvalue weighted by Gasteiger charge is 1.80. The molecule has 0 aliphatic rings. The molecule has 2 N–H and O–H groups in total. The number of carbonyl (C=O) groups is 1. The Hall–Kier alpha value is -0.440. The molecule has 0 radical (unpaired) electrons. The summed E-state index contributed by atoms with van der Waals surface area (Å²) >= 11 is 4.36. The summed E-state index contributed by atoms with van der Waals surface area (Å²) in [5.41, 5.74) is 4.30. The van der Waals surface area contributed by atoms with Gasteiger partial charge in [0.1, 0.15) is 11.9 Å². The molecule has 0 rings (SSSR count). The third-order valence-corrected chi connectivity index (χ3v) is 0.228. The van der Waals surface area contributed by atoms with E-state index in [0.29, 0.717) is 0 Å². The number of hydrogen-bond acceptors (Lipinski definition) is 2. The molecule has 0 spiro atoms. The van der Waals surface area contributed by atoms with Gasteiger partial charge in [0, 0.05) is 0 Å². The second-order valence-electron chi connectivity index (χ2n) is 0.396. The maximum atomic E-state index is 9.24. The van der Waals surface area contributed by atoms with Crippen LogP contribution in [0, 0.1) is 0 Å². The number of halogens is 1. The normalized spacial score (nSPS) is 6.60. The van der Waals surface area contributed by atoms with Crippen molar-refractivity contribution in [1.29, 1.82) is 0 Å². The predicted octanol–water partition coefficient (Wildman–Crippen LogP) is 0.236. The Morgan fingerprint density at radius 3 is 2.20 bits per heavy atom. The topological polar surface area (TPSA) is 52.3 Å². The molecule has 3 nitrogen and oxygen atoms in total. The average Bonchev–Trinajstić information content (AvgIpc) is 1.38. The Bertz CT molecular complexity index is 44.9. The van der Waals surface area contributed by atoms with E-state index in [1.54, 1.807) is 0 Å². The lowest BCUT2D eigenvalue weighted by Crippen LogP contribution is -2.06. The van der Waals surface area contributed by atoms with Gasteiger partial charge in [-0.05, 0) is 0 Å². The van der Waals surface area contributed by atoms with Crippen molar-refractivity contribution < 1.29 is 9.08 Å². The molecule has 0 aromatic carbocycles. The van der Waals surface area contributed by atoms with Gasteiger partial charge >= 0.3 is 6.09 Å². The van der Waals surface area contributed by atoms with E-state index in [2.05, 4.69) is 21.9 Å². The average molecular weight is 95.5 g/mol. The molecule has 0 unspecified atom stereocenters. The molecule has 0 aromatic rings. The van der Waals surface area contributed by atoms with E-state index in [-0.39, 0.29) is 0 Å². The smallest absolute Gasteiger partial charge is 0.334 e. The van der Waals surface area contributed by atoms with Crippen LogP contribution in [0.25, 0.3) is 0 Å². The molecule has 1 amide bonds. The molecule has 0 aliphatic carbocycles. The number of rotatable bonds is 0. The van der Waals surface area contributed by atoms with Crippen LogP contribution in [0.1, 0.15) is 0 Å². The molecule has 0 atom stereocenters. The summed E-state index contributed by atoms with van der Waals surface area (Å²) in [5.74, 6) is 0. The van der Waals surface area contributed by atoms with Gasteiger partial charge in [0.25, 0.3) is 0 Å². The van der Waals surface area contributed by atoms with Crippen molar-refractivity contribution in [2.45, 2.75) is 0 Å². The van der Waals surface area contributed by atoms with Gasteiger partial charge in [0.15, 0.2) is 0 Å².